The first-order valence-corrected chi connectivity index (χ1v) is 6.45. The molecule has 1 heterocycles. The van der Waals surface area contributed by atoms with E-state index in [1.807, 2.05) is 12.1 Å². The molecule has 5 heteroatoms. The first-order valence-electron chi connectivity index (χ1n) is 5.69. The van der Waals surface area contributed by atoms with Crippen molar-refractivity contribution in [2.24, 2.45) is 0 Å². The van der Waals surface area contributed by atoms with E-state index in [9.17, 15) is 0 Å². The number of nitrogens with one attached hydrogen (secondary N) is 1. The maximum Gasteiger partial charge on any atom is 0.181 e. The van der Waals surface area contributed by atoms with E-state index in [4.69, 9.17) is 27.6 Å². The highest BCUT2D eigenvalue weighted by Gasteiger charge is 2.15. The van der Waals surface area contributed by atoms with Crippen LogP contribution in [0.5, 0.6) is 0 Å². The average Bonchev–Trinajstić information content (AvgIpc) is 2.78. The third-order valence-electron chi connectivity index (χ3n) is 2.52. The molecule has 1 aromatic carbocycles. The Balaban J connectivity index is 2.33. The summed E-state index contributed by atoms with van der Waals surface area (Å²) in [6.07, 6.45) is 1.42. The van der Waals surface area contributed by atoms with Gasteiger partial charge in [-0.3, -0.25) is 0 Å². The lowest BCUT2D eigenvalue weighted by Gasteiger charge is -2.08. The predicted octanol–water partition coefficient (Wildman–Crippen LogP) is 4.15. The minimum absolute atomic E-state index is 0.379. The minimum Gasteiger partial charge on any atom is -0.443 e. The molecule has 0 aliphatic carbocycles. The number of hydrogen-bond donors (Lipinski definition) is 1. The summed E-state index contributed by atoms with van der Waals surface area (Å²) in [6, 6.07) is 5.83. The Labute approximate surface area is 116 Å². The Morgan fingerprint density at radius 1 is 1.33 bits per heavy atom. The molecule has 96 valence electrons. The summed E-state index contributed by atoms with van der Waals surface area (Å²) in [7, 11) is 0. The first kappa shape index (κ1) is 13.4. The zero-order chi connectivity index (χ0) is 13.1. The molecular formula is C13H14Cl2N2O. The molecule has 1 aromatic heterocycles. The Morgan fingerprint density at radius 2 is 2.11 bits per heavy atom. The van der Waals surface area contributed by atoms with Crippen molar-refractivity contribution in [3.8, 4) is 11.3 Å². The van der Waals surface area contributed by atoms with Crippen molar-refractivity contribution in [3.63, 3.8) is 0 Å². The van der Waals surface area contributed by atoms with Crippen LogP contribution < -0.4 is 5.32 Å². The van der Waals surface area contributed by atoms with Crippen LogP contribution in [0.3, 0.4) is 0 Å². The fourth-order valence-corrected chi connectivity index (χ4v) is 1.98. The highest BCUT2D eigenvalue weighted by Crippen LogP contribution is 2.34. The fraction of sp³-hybridized carbons (Fsp3) is 0.308. The summed E-state index contributed by atoms with van der Waals surface area (Å²) >= 11 is 12.2. The monoisotopic (exact) mass is 284 g/mol. The molecule has 2 aromatic rings. The molecule has 0 spiro atoms. The molecule has 0 aliphatic rings. The highest BCUT2D eigenvalue weighted by atomic mass is 35.5. The van der Waals surface area contributed by atoms with Gasteiger partial charge in [0.05, 0.1) is 10.0 Å². The summed E-state index contributed by atoms with van der Waals surface area (Å²) in [5.74, 6) is 0.663. The van der Waals surface area contributed by atoms with Crippen LogP contribution in [0.25, 0.3) is 11.3 Å². The molecule has 0 amide bonds. The van der Waals surface area contributed by atoms with Crippen molar-refractivity contribution < 1.29 is 4.42 Å². The first-order chi connectivity index (χ1) is 8.59. The SMILES string of the molecule is CC(C)NCc1ncoc1-c1cccc(Cl)c1Cl. The molecule has 18 heavy (non-hydrogen) atoms. The summed E-state index contributed by atoms with van der Waals surface area (Å²) in [5.41, 5.74) is 1.59. The van der Waals surface area contributed by atoms with Gasteiger partial charge < -0.3 is 9.73 Å². The molecule has 0 saturated heterocycles. The van der Waals surface area contributed by atoms with Crippen molar-refractivity contribution in [1.29, 1.82) is 0 Å². The summed E-state index contributed by atoms with van der Waals surface area (Å²) in [5, 5.41) is 4.29. The standard InChI is InChI=1S/C13H14Cl2N2O/c1-8(2)16-6-11-13(18-7-17-11)9-4-3-5-10(14)12(9)15/h3-5,7-8,16H,6H2,1-2H3. The van der Waals surface area contributed by atoms with Crippen LogP contribution in [-0.4, -0.2) is 11.0 Å². The largest absolute Gasteiger partial charge is 0.443 e. The molecule has 0 fully saturated rings. The number of oxazole rings is 1. The lowest BCUT2D eigenvalue weighted by Crippen LogP contribution is -2.22. The number of aromatic nitrogens is 1. The number of halogens is 2. The van der Waals surface area contributed by atoms with Gasteiger partial charge in [-0.1, -0.05) is 43.1 Å². The highest BCUT2D eigenvalue weighted by molar-refractivity contribution is 6.43. The summed E-state index contributed by atoms with van der Waals surface area (Å²) in [4.78, 5) is 4.20. The number of hydrogen-bond acceptors (Lipinski definition) is 3. The molecule has 0 aliphatic heterocycles. The summed E-state index contributed by atoms with van der Waals surface area (Å²) < 4.78 is 5.42. The van der Waals surface area contributed by atoms with Crippen LogP contribution in [0.15, 0.2) is 29.0 Å². The van der Waals surface area contributed by atoms with Crippen molar-refractivity contribution >= 4 is 23.2 Å². The van der Waals surface area contributed by atoms with E-state index in [1.54, 1.807) is 6.07 Å². The average molecular weight is 285 g/mol. The Bertz CT molecular complexity index is 538. The van der Waals surface area contributed by atoms with Crippen molar-refractivity contribution in [2.45, 2.75) is 26.4 Å². The lowest BCUT2D eigenvalue weighted by atomic mass is 10.1. The van der Waals surface area contributed by atoms with E-state index in [-0.39, 0.29) is 0 Å². The Hall–Kier alpha value is -1.03. The predicted molar refractivity (Wildman–Crippen MR) is 73.9 cm³/mol. The third-order valence-corrected chi connectivity index (χ3v) is 3.33. The van der Waals surface area contributed by atoms with Gasteiger partial charge in [0, 0.05) is 18.2 Å². The molecule has 1 N–H and O–H groups in total. The maximum absolute atomic E-state index is 6.18. The van der Waals surface area contributed by atoms with Gasteiger partial charge >= 0.3 is 0 Å². The third kappa shape index (κ3) is 2.86. The van der Waals surface area contributed by atoms with Gasteiger partial charge in [-0.05, 0) is 12.1 Å². The maximum atomic E-state index is 6.18. The minimum atomic E-state index is 0.379. The van der Waals surface area contributed by atoms with Gasteiger partial charge in [0.2, 0.25) is 0 Å². The fourth-order valence-electron chi connectivity index (χ4n) is 1.59. The van der Waals surface area contributed by atoms with Gasteiger partial charge in [0.15, 0.2) is 12.2 Å². The van der Waals surface area contributed by atoms with E-state index in [0.29, 0.717) is 28.4 Å². The van der Waals surface area contributed by atoms with Gasteiger partial charge in [-0.25, -0.2) is 4.98 Å². The van der Waals surface area contributed by atoms with Crippen LogP contribution in [0.1, 0.15) is 19.5 Å². The van der Waals surface area contributed by atoms with E-state index in [0.717, 1.165) is 11.3 Å². The number of rotatable bonds is 4. The molecule has 2 rings (SSSR count). The van der Waals surface area contributed by atoms with Crippen LogP contribution in [0, 0.1) is 0 Å². The van der Waals surface area contributed by atoms with Gasteiger partial charge in [-0.2, -0.15) is 0 Å². The second kappa shape index (κ2) is 5.74. The zero-order valence-electron chi connectivity index (χ0n) is 10.2. The second-order valence-corrected chi connectivity index (χ2v) is 5.05. The van der Waals surface area contributed by atoms with Gasteiger partial charge in [0.1, 0.15) is 5.69 Å². The second-order valence-electron chi connectivity index (χ2n) is 4.27. The Kier molecular flexibility index (Phi) is 4.27. The smallest absolute Gasteiger partial charge is 0.181 e. The molecule has 0 radical (unpaired) electrons. The summed E-state index contributed by atoms with van der Waals surface area (Å²) in [6.45, 7) is 4.78. The molecule has 0 bridgehead atoms. The van der Waals surface area contributed by atoms with E-state index >= 15 is 0 Å². The Morgan fingerprint density at radius 3 is 2.83 bits per heavy atom. The molecule has 3 nitrogen and oxygen atoms in total. The molecule has 0 saturated carbocycles. The molecule has 0 atom stereocenters. The van der Waals surface area contributed by atoms with Gasteiger partial charge in [0.25, 0.3) is 0 Å². The lowest BCUT2D eigenvalue weighted by molar-refractivity contribution is 0.563. The van der Waals surface area contributed by atoms with Crippen LogP contribution in [0.4, 0.5) is 0 Å². The normalized spacial score (nSPS) is 11.2. The zero-order valence-corrected chi connectivity index (χ0v) is 11.7. The van der Waals surface area contributed by atoms with Crippen LogP contribution >= 0.6 is 23.2 Å². The molecular weight excluding hydrogens is 271 g/mol. The van der Waals surface area contributed by atoms with E-state index in [1.165, 1.54) is 6.39 Å². The quantitative estimate of drug-likeness (QED) is 0.917. The number of benzene rings is 1. The van der Waals surface area contributed by atoms with Gasteiger partial charge in [-0.15, -0.1) is 0 Å². The van der Waals surface area contributed by atoms with Crippen molar-refractivity contribution in [3.05, 3.63) is 40.3 Å². The van der Waals surface area contributed by atoms with Crippen molar-refractivity contribution in [1.82, 2.24) is 10.3 Å². The topological polar surface area (TPSA) is 38.1 Å². The van der Waals surface area contributed by atoms with E-state index < -0.39 is 0 Å². The van der Waals surface area contributed by atoms with Crippen LogP contribution in [0.2, 0.25) is 10.0 Å². The molecule has 0 unspecified atom stereocenters. The van der Waals surface area contributed by atoms with Crippen LogP contribution in [-0.2, 0) is 6.54 Å². The van der Waals surface area contributed by atoms with Crippen molar-refractivity contribution in [2.75, 3.05) is 0 Å². The number of nitrogens with zero attached hydrogens (tertiary/aromatic N) is 1. The van der Waals surface area contributed by atoms with E-state index in [2.05, 4.69) is 24.1 Å².